The zero-order valence-electron chi connectivity index (χ0n) is 11.5. The molecule has 0 saturated heterocycles. The van der Waals surface area contributed by atoms with Crippen LogP contribution in [0.2, 0.25) is 5.02 Å². The monoisotopic (exact) mass is 287 g/mol. The van der Waals surface area contributed by atoms with Crippen molar-refractivity contribution in [2.24, 2.45) is 0 Å². The number of hydrogen-bond acceptors (Lipinski definition) is 2. The molecule has 1 N–H and O–H groups in total. The van der Waals surface area contributed by atoms with E-state index in [0.29, 0.717) is 16.8 Å². The Balaban J connectivity index is 1.71. The smallest absolute Gasteiger partial charge is 0.146 e. The van der Waals surface area contributed by atoms with Gasteiger partial charge in [0.2, 0.25) is 0 Å². The quantitative estimate of drug-likeness (QED) is 0.861. The summed E-state index contributed by atoms with van der Waals surface area (Å²) in [6, 6.07) is 14.6. The summed E-state index contributed by atoms with van der Waals surface area (Å²) in [5.41, 5.74) is 2.29. The van der Waals surface area contributed by atoms with Crippen LogP contribution in [-0.4, -0.2) is 6.04 Å². The second kappa shape index (κ2) is 5.86. The van der Waals surface area contributed by atoms with Gasteiger partial charge in [0.1, 0.15) is 11.5 Å². The molecule has 2 nitrogen and oxygen atoms in total. The van der Waals surface area contributed by atoms with Gasteiger partial charge in [0, 0.05) is 12.6 Å². The molecule has 0 aliphatic heterocycles. The molecule has 0 atom stereocenters. The van der Waals surface area contributed by atoms with Gasteiger partial charge in [0.05, 0.1) is 5.02 Å². The highest BCUT2D eigenvalue weighted by Crippen LogP contribution is 2.31. The molecule has 1 aliphatic rings. The Hall–Kier alpha value is -1.51. The molecule has 2 aromatic carbocycles. The van der Waals surface area contributed by atoms with Gasteiger partial charge in [-0.25, -0.2) is 0 Å². The molecule has 0 spiro atoms. The van der Waals surface area contributed by atoms with Crippen LogP contribution in [0.3, 0.4) is 0 Å². The molecule has 2 aromatic rings. The summed E-state index contributed by atoms with van der Waals surface area (Å²) in [5, 5.41) is 4.13. The van der Waals surface area contributed by atoms with Crippen LogP contribution >= 0.6 is 11.6 Å². The van der Waals surface area contributed by atoms with Gasteiger partial charge in [-0.15, -0.1) is 0 Å². The minimum Gasteiger partial charge on any atom is -0.456 e. The first kappa shape index (κ1) is 13.5. The summed E-state index contributed by atoms with van der Waals surface area (Å²) in [7, 11) is 0. The van der Waals surface area contributed by atoms with Gasteiger partial charge in [-0.1, -0.05) is 35.9 Å². The van der Waals surface area contributed by atoms with Crippen LogP contribution in [0.4, 0.5) is 0 Å². The number of para-hydroxylation sites is 1. The van der Waals surface area contributed by atoms with Gasteiger partial charge in [0.25, 0.3) is 0 Å². The van der Waals surface area contributed by atoms with Gasteiger partial charge < -0.3 is 10.1 Å². The summed E-state index contributed by atoms with van der Waals surface area (Å²) in [4.78, 5) is 0. The molecule has 1 saturated carbocycles. The Labute approximate surface area is 124 Å². The van der Waals surface area contributed by atoms with E-state index in [4.69, 9.17) is 16.3 Å². The molecule has 3 heteroatoms. The average molecular weight is 288 g/mol. The number of hydrogen-bond donors (Lipinski definition) is 1. The molecule has 0 heterocycles. The summed E-state index contributed by atoms with van der Waals surface area (Å²) < 4.78 is 5.88. The van der Waals surface area contributed by atoms with Crippen molar-refractivity contribution in [3.05, 3.63) is 58.6 Å². The summed E-state index contributed by atoms with van der Waals surface area (Å²) >= 11 is 6.31. The Kier molecular flexibility index (Phi) is 3.95. The maximum absolute atomic E-state index is 6.31. The van der Waals surface area contributed by atoms with Crippen LogP contribution in [0.15, 0.2) is 42.5 Å². The highest BCUT2D eigenvalue weighted by molar-refractivity contribution is 6.32. The third-order valence-electron chi connectivity index (χ3n) is 3.48. The molecule has 1 fully saturated rings. The van der Waals surface area contributed by atoms with Crippen LogP contribution in [0.25, 0.3) is 0 Å². The fraction of sp³-hybridized carbons (Fsp3) is 0.294. The zero-order valence-corrected chi connectivity index (χ0v) is 12.3. The highest BCUT2D eigenvalue weighted by Gasteiger charge is 2.20. The number of benzene rings is 2. The van der Waals surface area contributed by atoms with Gasteiger partial charge in [-0.3, -0.25) is 0 Å². The van der Waals surface area contributed by atoms with Crippen molar-refractivity contribution < 1.29 is 4.74 Å². The Morgan fingerprint density at radius 2 is 1.95 bits per heavy atom. The van der Waals surface area contributed by atoms with E-state index in [1.54, 1.807) is 0 Å². The van der Waals surface area contributed by atoms with Gasteiger partial charge in [0.15, 0.2) is 0 Å². The van der Waals surface area contributed by atoms with Crippen LogP contribution in [0, 0.1) is 6.92 Å². The Bertz CT molecular complexity index is 608. The summed E-state index contributed by atoms with van der Waals surface area (Å²) in [6.07, 6.45) is 2.59. The summed E-state index contributed by atoms with van der Waals surface area (Å²) in [5.74, 6) is 1.55. The molecule has 0 radical (unpaired) electrons. The van der Waals surface area contributed by atoms with E-state index in [9.17, 15) is 0 Å². The van der Waals surface area contributed by atoms with Crippen LogP contribution in [-0.2, 0) is 6.54 Å². The zero-order chi connectivity index (χ0) is 13.9. The highest BCUT2D eigenvalue weighted by atomic mass is 35.5. The van der Waals surface area contributed by atoms with E-state index in [1.165, 1.54) is 18.4 Å². The molecule has 0 aromatic heterocycles. The molecule has 3 rings (SSSR count). The summed E-state index contributed by atoms with van der Waals surface area (Å²) in [6.45, 7) is 2.90. The van der Waals surface area contributed by atoms with Gasteiger partial charge in [-0.2, -0.15) is 0 Å². The third kappa shape index (κ3) is 3.33. The second-order valence-corrected chi connectivity index (χ2v) is 5.69. The van der Waals surface area contributed by atoms with Crippen molar-refractivity contribution in [1.29, 1.82) is 0 Å². The Morgan fingerprint density at radius 1 is 1.15 bits per heavy atom. The van der Waals surface area contributed by atoms with Crippen molar-refractivity contribution in [2.45, 2.75) is 32.4 Å². The average Bonchev–Trinajstić information content (AvgIpc) is 3.26. The van der Waals surface area contributed by atoms with Gasteiger partial charge in [-0.05, 0) is 49.1 Å². The van der Waals surface area contributed by atoms with Crippen LogP contribution in [0.5, 0.6) is 11.5 Å². The lowest BCUT2D eigenvalue weighted by Gasteiger charge is -2.11. The molecule has 20 heavy (non-hydrogen) atoms. The normalized spacial score (nSPS) is 14.3. The van der Waals surface area contributed by atoms with Crippen molar-refractivity contribution in [3.63, 3.8) is 0 Å². The lowest BCUT2D eigenvalue weighted by atomic mass is 10.2. The van der Waals surface area contributed by atoms with Gasteiger partial charge >= 0.3 is 0 Å². The molecule has 1 aliphatic carbocycles. The van der Waals surface area contributed by atoms with Crippen LogP contribution < -0.4 is 10.1 Å². The van der Waals surface area contributed by atoms with Crippen molar-refractivity contribution in [3.8, 4) is 11.5 Å². The topological polar surface area (TPSA) is 21.3 Å². The SMILES string of the molecule is Cc1ccccc1Oc1ccc(CNC2CC2)cc1Cl. The minimum absolute atomic E-state index is 0.656. The number of aryl methyl sites for hydroxylation is 1. The molecule has 0 amide bonds. The molecular formula is C17H18ClNO. The van der Waals surface area contributed by atoms with Crippen molar-refractivity contribution in [1.82, 2.24) is 5.32 Å². The van der Waals surface area contributed by atoms with E-state index >= 15 is 0 Å². The fourth-order valence-electron chi connectivity index (χ4n) is 2.08. The fourth-order valence-corrected chi connectivity index (χ4v) is 2.32. The van der Waals surface area contributed by atoms with E-state index in [2.05, 4.69) is 11.4 Å². The standard InChI is InChI=1S/C17H18ClNO/c1-12-4-2-3-5-16(12)20-17-9-6-13(10-15(17)18)11-19-14-7-8-14/h2-6,9-10,14,19H,7-8,11H2,1H3. The lowest BCUT2D eigenvalue weighted by molar-refractivity contribution is 0.479. The largest absolute Gasteiger partial charge is 0.456 e. The number of halogens is 1. The predicted molar refractivity (Wildman–Crippen MR) is 82.6 cm³/mol. The molecule has 0 bridgehead atoms. The van der Waals surface area contributed by atoms with E-state index in [-0.39, 0.29) is 0 Å². The number of nitrogens with one attached hydrogen (secondary N) is 1. The van der Waals surface area contributed by atoms with Crippen molar-refractivity contribution >= 4 is 11.6 Å². The number of rotatable bonds is 5. The second-order valence-electron chi connectivity index (χ2n) is 5.29. The maximum atomic E-state index is 6.31. The maximum Gasteiger partial charge on any atom is 0.146 e. The molecule has 104 valence electrons. The first-order chi connectivity index (χ1) is 9.72. The number of ether oxygens (including phenoxy) is 1. The lowest BCUT2D eigenvalue weighted by Crippen LogP contribution is -2.15. The Morgan fingerprint density at radius 3 is 2.65 bits per heavy atom. The first-order valence-corrected chi connectivity index (χ1v) is 7.35. The van der Waals surface area contributed by atoms with Crippen LogP contribution in [0.1, 0.15) is 24.0 Å². The third-order valence-corrected chi connectivity index (χ3v) is 3.78. The molecular weight excluding hydrogens is 270 g/mol. The van der Waals surface area contributed by atoms with Crippen molar-refractivity contribution in [2.75, 3.05) is 0 Å². The van der Waals surface area contributed by atoms with E-state index in [1.807, 2.05) is 43.3 Å². The molecule has 0 unspecified atom stereocenters. The van der Waals surface area contributed by atoms with E-state index < -0.39 is 0 Å². The first-order valence-electron chi connectivity index (χ1n) is 6.97. The van der Waals surface area contributed by atoms with E-state index in [0.717, 1.165) is 17.9 Å². The minimum atomic E-state index is 0.656. The predicted octanol–water partition coefficient (Wildman–Crippen LogP) is 4.69.